The van der Waals surface area contributed by atoms with Gasteiger partial charge in [-0.3, -0.25) is 0 Å². The molecule has 3 rings (SSSR count). The van der Waals surface area contributed by atoms with Crippen LogP contribution in [0.25, 0.3) is 10.9 Å². The second-order valence-corrected chi connectivity index (χ2v) is 6.08. The van der Waals surface area contributed by atoms with Crippen LogP contribution in [0.2, 0.25) is 0 Å². The molecule has 0 bridgehead atoms. The molecule has 0 aliphatic heterocycles. The fraction of sp³-hybridized carbons (Fsp3) is 0.500. The van der Waals surface area contributed by atoms with Crippen LogP contribution < -0.4 is 10.1 Å². The standard InChI is InChI=1S/C18H24N2O/c1-13-6-3-4-8-16(13)19-12-15-11-10-14-7-5-9-17(21-2)18(14)20-15/h5,7,9-11,13,16,19H,3-4,6,8,12H2,1-2H3. The van der Waals surface area contributed by atoms with Gasteiger partial charge in [-0.1, -0.05) is 38.0 Å². The summed E-state index contributed by atoms with van der Waals surface area (Å²) >= 11 is 0. The van der Waals surface area contributed by atoms with Gasteiger partial charge >= 0.3 is 0 Å². The van der Waals surface area contributed by atoms with E-state index in [0.717, 1.165) is 34.8 Å². The van der Waals surface area contributed by atoms with Gasteiger partial charge in [-0.05, 0) is 30.9 Å². The zero-order valence-electron chi connectivity index (χ0n) is 12.9. The Morgan fingerprint density at radius 2 is 2.05 bits per heavy atom. The lowest BCUT2D eigenvalue weighted by molar-refractivity contribution is 0.279. The van der Waals surface area contributed by atoms with E-state index in [4.69, 9.17) is 9.72 Å². The molecule has 1 heterocycles. The third-order valence-corrected chi connectivity index (χ3v) is 4.62. The van der Waals surface area contributed by atoms with Gasteiger partial charge in [-0.15, -0.1) is 0 Å². The molecule has 1 N–H and O–H groups in total. The molecular weight excluding hydrogens is 260 g/mol. The minimum atomic E-state index is 0.633. The Bertz CT molecular complexity index is 611. The summed E-state index contributed by atoms with van der Waals surface area (Å²) in [6.07, 6.45) is 5.36. The van der Waals surface area contributed by atoms with Crippen molar-refractivity contribution in [2.24, 2.45) is 5.92 Å². The van der Waals surface area contributed by atoms with Crippen molar-refractivity contribution in [3.63, 3.8) is 0 Å². The van der Waals surface area contributed by atoms with Gasteiger partial charge in [0.25, 0.3) is 0 Å². The molecule has 3 nitrogen and oxygen atoms in total. The van der Waals surface area contributed by atoms with E-state index in [2.05, 4.69) is 30.4 Å². The lowest BCUT2D eigenvalue weighted by Gasteiger charge is -2.29. The Morgan fingerprint density at radius 3 is 2.86 bits per heavy atom. The van der Waals surface area contributed by atoms with Crippen molar-refractivity contribution in [2.75, 3.05) is 7.11 Å². The number of nitrogens with one attached hydrogen (secondary N) is 1. The Morgan fingerprint density at radius 1 is 1.19 bits per heavy atom. The SMILES string of the molecule is COc1cccc2ccc(CNC3CCCCC3C)nc12. The number of hydrogen-bond acceptors (Lipinski definition) is 3. The molecule has 1 aliphatic rings. The Hall–Kier alpha value is -1.61. The van der Waals surface area contributed by atoms with Crippen molar-refractivity contribution >= 4 is 10.9 Å². The number of nitrogens with zero attached hydrogens (tertiary/aromatic N) is 1. The van der Waals surface area contributed by atoms with E-state index in [1.54, 1.807) is 7.11 Å². The second-order valence-electron chi connectivity index (χ2n) is 6.08. The van der Waals surface area contributed by atoms with Crippen LogP contribution >= 0.6 is 0 Å². The van der Waals surface area contributed by atoms with E-state index in [1.165, 1.54) is 25.7 Å². The van der Waals surface area contributed by atoms with Crippen LogP contribution in [-0.2, 0) is 6.54 Å². The van der Waals surface area contributed by atoms with Crippen LogP contribution in [0.1, 0.15) is 38.3 Å². The summed E-state index contributed by atoms with van der Waals surface area (Å²) in [6, 6.07) is 10.9. The molecule has 1 aliphatic carbocycles. The Labute approximate surface area is 126 Å². The molecule has 21 heavy (non-hydrogen) atoms. The third kappa shape index (κ3) is 3.18. The topological polar surface area (TPSA) is 34.1 Å². The Balaban J connectivity index is 1.75. The number of pyridine rings is 1. The highest BCUT2D eigenvalue weighted by molar-refractivity contribution is 5.84. The molecule has 1 aromatic carbocycles. The number of para-hydroxylation sites is 1. The van der Waals surface area contributed by atoms with Crippen molar-refractivity contribution in [1.82, 2.24) is 10.3 Å². The molecule has 1 fully saturated rings. The van der Waals surface area contributed by atoms with Crippen LogP contribution in [0, 0.1) is 5.92 Å². The van der Waals surface area contributed by atoms with Gasteiger partial charge in [-0.25, -0.2) is 4.98 Å². The minimum Gasteiger partial charge on any atom is -0.494 e. The zero-order valence-corrected chi connectivity index (χ0v) is 12.9. The van der Waals surface area contributed by atoms with E-state index in [0.29, 0.717) is 6.04 Å². The van der Waals surface area contributed by atoms with Crippen molar-refractivity contribution in [3.8, 4) is 5.75 Å². The predicted molar refractivity (Wildman–Crippen MR) is 86.6 cm³/mol. The average molecular weight is 284 g/mol. The average Bonchev–Trinajstić information content (AvgIpc) is 2.53. The van der Waals surface area contributed by atoms with Crippen molar-refractivity contribution in [1.29, 1.82) is 0 Å². The third-order valence-electron chi connectivity index (χ3n) is 4.62. The van der Waals surface area contributed by atoms with E-state index in [-0.39, 0.29) is 0 Å². The van der Waals surface area contributed by atoms with Gasteiger partial charge in [-0.2, -0.15) is 0 Å². The van der Waals surface area contributed by atoms with E-state index in [1.807, 2.05) is 12.1 Å². The van der Waals surface area contributed by atoms with Crippen molar-refractivity contribution in [3.05, 3.63) is 36.0 Å². The summed E-state index contributed by atoms with van der Waals surface area (Å²) in [4.78, 5) is 4.77. The number of ether oxygens (including phenoxy) is 1. The zero-order chi connectivity index (χ0) is 14.7. The second kappa shape index (κ2) is 6.44. The molecule has 2 unspecified atom stereocenters. The molecule has 112 valence electrons. The summed E-state index contributed by atoms with van der Waals surface area (Å²) in [5, 5.41) is 4.82. The number of rotatable bonds is 4. The van der Waals surface area contributed by atoms with Crippen LogP contribution in [0.4, 0.5) is 0 Å². The molecule has 2 aromatic rings. The maximum absolute atomic E-state index is 5.41. The Kier molecular flexibility index (Phi) is 4.39. The van der Waals surface area contributed by atoms with Crippen LogP contribution in [0.3, 0.4) is 0 Å². The summed E-state index contributed by atoms with van der Waals surface area (Å²) in [7, 11) is 1.70. The maximum atomic E-state index is 5.41. The summed E-state index contributed by atoms with van der Waals surface area (Å²) in [6.45, 7) is 3.19. The number of fused-ring (bicyclic) bond motifs is 1. The van der Waals surface area contributed by atoms with Gasteiger partial charge in [0.05, 0.1) is 12.8 Å². The van der Waals surface area contributed by atoms with E-state index in [9.17, 15) is 0 Å². The highest BCUT2D eigenvalue weighted by Gasteiger charge is 2.20. The molecule has 0 amide bonds. The number of methoxy groups -OCH3 is 1. The molecule has 1 saturated carbocycles. The smallest absolute Gasteiger partial charge is 0.145 e. The highest BCUT2D eigenvalue weighted by Crippen LogP contribution is 2.25. The van der Waals surface area contributed by atoms with Gasteiger partial charge in [0.2, 0.25) is 0 Å². The lowest BCUT2D eigenvalue weighted by atomic mass is 9.86. The normalized spacial score (nSPS) is 22.4. The molecule has 0 radical (unpaired) electrons. The van der Waals surface area contributed by atoms with Crippen LogP contribution in [-0.4, -0.2) is 18.1 Å². The molecule has 0 spiro atoms. The summed E-state index contributed by atoms with van der Waals surface area (Å²) in [5.74, 6) is 1.62. The molecule has 0 saturated heterocycles. The predicted octanol–water partition coefficient (Wildman–Crippen LogP) is 3.91. The minimum absolute atomic E-state index is 0.633. The first kappa shape index (κ1) is 14.3. The maximum Gasteiger partial charge on any atom is 0.145 e. The van der Waals surface area contributed by atoms with Crippen molar-refractivity contribution < 1.29 is 4.74 Å². The number of hydrogen-bond donors (Lipinski definition) is 1. The van der Waals surface area contributed by atoms with Crippen molar-refractivity contribution in [2.45, 2.75) is 45.2 Å². The van der Waals surface area contributed by atoms with E-state index < -0.39 is 0 Å². The molecule has 1 aromatic heterocycles. The fourth-order valence-corrected chi connectivity index (χ4v) is 3.28. The van der Waals surface area contributed by atoms with E-state index >= 15 is 0 Å². The first-order valence-corrected chi connectivity index (χ1v) is 7.94. The first-order chi connectivity index (χ1) is 10.3. The highest BCUT2D eigenvalue weighted by atomic mass is 16.5. The monoisotopic (exact) mass is 284 g/mol. The quantitative estimate of drug-likeness (QED) is 0.924. The number of aromatic nitrogens is 1. The summed E-state index contributed by atoms with van der Waals surface area (Å²) < 4.78 is 5.41. The van der Waals surface area contributed by atoms with Gasteiger partial charge in [0.15, 0.2) is 0 Å². The largest absolute Gasteiger partial charge is 0.494 e. The van der Waals surface area contributed by atoms with Crippen LogP contribution in [0.5, 0.6) is 5.75 Å². The fourth-order valence-electron chi connectivity index (χ4n) is 3.28. The first-order valence-electron chi connectivity index (χ1n) is 7.94. The van der Waals surface area contributed by atoms with Gasteiger partial charge in [0.1, 0.15) is 11.3 Å². The van der Waals surface area contributed by atoms with Crippen LogP contribution in [0.15, 0.2) is 30.3 Å². The summed E-state index contributed by atoms with van der Waals surface area (Å²) in [5.41, 5.74) is 2.04. The molecular formula is C18H24N2O. The lowest BCUT2D eigenvalue weighted by Crippen LogP contribution is -2.36. The van der Waals surface area contributed by atoms with Gasteiger partial charge < -0.3 is 10.1 Å². The molecule has 3 heteroatoms. The number of benzene rings is 1. The van der Waals surface area contributed by atoms with Gasteiger partial charge in [0, 0.05) is 18.0 Å². The molecule has 2 atom stereocenters.